The zero-order chi connectivity index (χ0) is 22.1. The van der Waals surface area contributed by atoms with Gasteiger partial charge in [0.05, 0.1) is 13.1 Å². The molecule has 3 aromatic rings. The fraction of sp³-hybridized carbons (Fsp3) is 0.250. The summed E-state index contributed by atoms with van der Waals surface area (Å²) < 4.78 is 18.7. The van der Waals surface area contributed by atoms with Crippen molar-refractivity contribution in [3.05, 3.63) is 89.9 Å². The van der Waals surface area contributed by atoms with Crippen LogP contribution >= 0.6 is 24.0 Å². The first-order chi connectivity index (χ1) is 15.0. The molecule has 0 spiro atoms. The maximum atomic E-state index is 13.0. The highest BCUT2D eigenvalue weighted by Gasteiger charge is 2.22. The first kappa shape index (κ1) is 25.5. The van der Waals surface area contributed by atoms with E-state index in [9.17, 15) is 9.50 Å². The molecule has 0 aliphatic carbocycles. The summed E-state index contributed by atoms with van der Waals surface area (Å²) in [6.45, 7) is 5.13. The van der Waals surface area contributed by atoms with Gasteiger partial charge < -0.3 is 20.5 Å². The van der Waals surface area contributed by atoms with Crippen molar-refractivity contribution in [1.29, 1.82) is 0 Å². The van der Waals surface area contributed by atoms with Crippen molar-refractivity contribution < 1.29 is 14.2 Å². The Morgan fingerprint density at radius 3 is 2.50 bits per heavy atom. The number of aliphatic hydroxyl groups is 1. The van der Waals surface area contributed by atoms with Crippen LogP contribution in [0.2, 0.25) is 0 Å². The van der Waals surface area contributed by atoms with Gasteiger partial charge in [0, 0.05) is 18.8 Å². The van der Waals surface area contributed by atoms with E-state index in [1.807, 2.05) is 43.3 Å². The highest BCUT2D eigenvalue weighted by atomic mass is 127. The molecule has 3 N–H and O–H groups in total. The largest absolute Gasteiger partial charge is 0.439 e. The molecule has 170 valence electrons. The van der Waals surface area contributed by atoms with E-state index in [0.29, 0.717) is 37.2 Å². The van der Waals surface area contributed by atoms with Gasteiger partial charge in [-0.15, -0.1) is 24.0 Å². The smallest absolute Gasteiger partial charge is 0.219 e. The lowest BCUT2D eigenvalue weighted by Gasteiger charge is -2.25. The minimum absolute atomic E-state index is 0. The van der Waals surface area contributed by atoms with Gasteiger partial charge in [0.1, 0.15) is 17.2 Å². The van der Waals surface area contributed by atoms with Crippen LogP contribution in [0.15, 0.2) is 77.9 Å². The number of nitrogens with one attached hydrogen (secondary N) is 2. The number of aromatic nitrogens is 1. The van der Waals surface area contributed by atoms with Crippen LogP contribution in [0.5, 0.6) is 11.6 Å². The van der Waals surface area contributed by atoms with Crippen molar-refractivity contribution in [1.82, 2.24) is 15.6 Å². The highest BCUT2D eigenvalue weighted by molar-refractivity contribution is 14.0. The number of benzene rings is 2. The van der Waals surface area contributed by atoms with Gasteiger partial charge in [0.15, 0.2) is 5.96 Å². The molecular weight excluding hydrogens is 522 g/mol. The molecule has 0 saturated heterocycles. The third-order valence-electron chi connectivity index (χ3n) is 4.60. The molecule has 0 saturated carbocycles. The minimum Gasteiger partial charge on any atom is -0.439 e. The molecule has 0 bridgehead atoms. The number of nitrogens with zero attached hydrogens (tertiary/aromatic N) is 2. The first-order valence-electron chi connectivity index (χ1n) is 10.1. The molecule has 8 heteroatoms. The summed E-state index contributed by atoms with van der Waals surface area (Å²) in [5.74, 6) is 1.19. The van der Waals surface area contributed by atoms with Crippen LogP contribution in [-0.2, 0) is 12.1 Å². The Kier molecular flexibility index (Phi) is 9.86. The summed E-state index contributed by atoms with van der Waals surface area (Å²) in [7, 11) is 0. The summed E-state index contributed by atoms with van der Waals surface area (Å²) in [4.78, 5) is 8.78. The number of hydrogen-bond donors (Lipinski definition) is 3. The zero-order valence-corrected chi connectivity index (χ0v) is 20.4. The van der Waals surface area contributed by atoms with Gasteiger partial charge in [-0.25, -0.2) is 14.4 Å². The molecule has 1 atom stereocenters. The Labute approximate surface area is 205 Å². The van der Waals surface area contributed by atoms with E-state index in [1.54, 1.807) is 31.3 Å². The fourth-order valence-electron chi connectivity index (χ4n) is 2.90. The van der Waals surface area contributed by atoms with E-state index in [-0.39, 0.29) is 29.8 Å². The first-order valence-corrected chi connectivity index (χ1v) is 10.1. The van der Waals surface area contributed by atoms with Crippen LogP contribution in [0.3, 0.4) is 0 Å². The Balaban J connectivity index is 0.00000363. The molecular formula is C24H28FIN4O2. The molecule has 1 heterocycles. The number of pyridine rings is 1. The van der Waals surface area contributed by atoms with Gasteiger partial charge in [-0.3, -0.25) is 0 Å². The fourth-order valence-corrected chi connectivity index (χ4v) is 2.90. The second-order valence-electron chi connectivity index (χ2n) is 7.25. The van der Waals surface area contributed by atoms with Crippen LogP contribution in [0.25, 0.3) is 0 Å². The molecule has 6 nitrogen and oxygen atoms in total. The number of aliphatic imine (C=N–C) groups is 1. The number of guanidine groups is 1. The van der Waals surface area contributed by atoms with E-state index >= 15 is 0 Å². The van der Waals surface area contributed by atoms with Crippen molar-refractivity contribution >= 4 is 29.9 Å². The number of hydrogen-bond acceptors (Lipinski definition) is 4. The molecule has 1 unspecified atom stereocenters. The predicted octanol–water partition coefficient (Wildman–Crippen LogP) is 4.59. The van der Waals surface area contributed by atoms with Crippen LogP contribution in [0.1, 0.15) is 25.0 Å². The van der Waals surface area contributed by atoms with Gasteiger partial charge in [0.2, 0.25) is 5.88 Å². The van der Waals surface area contributed by atoms with E-state index < -0.39 is 5.60 Å². The van der Waals surface area contributed by atoms with Crippen LogP contribution in [-0.4, -0.2) is 29.1 Å². The average molecular weight is 550 g/mol. The maximum absolute atomic E-state index is 13.0. The monoisotopic (exact) mass is 550 g/mol. The lowest BCUT2D eigenvalue weighted by molar-refractivity contribution is 0.0617. The van der Waals surface area contributed by atoms with Crippen LogP contribution in [0.4, 0.5) is 4.39 Å². The lowest BCUT2D eigenvalue weighted by Crippen LogP contribution is -2.44. The van der Waals surface area contributed by atoms with Crippen molar-refractivity contribution in [2.45, 2.75) is 26.0 Å². The quantitative estimate of drug-likeness (QED) is 0.217. The number of halogens is 2. The summed E-state index contributed by atoms with van der Waals surface area (Å²) in [5, 5.41) is 17.2. The Bertz CT molecular complexity index is 998. The normalized spacial score (nSPS) is 12.9. The van der Waals surface area contributed by atoms with Gasteiger partial charge in [-0.2, -0.15) is 0 Å². The molecule has 0 radical (unpaired) electrons. The number of rotatable bonds is 8. The summed E-state index contributed by atoms with van der Waals surface area (Å²) in [6.07, 6.45) is 1.64. The molecule has 1 aromatic heterocycles. The van der Waals surface area contributed by atoms with Crippen LogP contribution < -0.4 is 15.4 Å². The lowest BCUT2D eigenvalue weighted by atomic mass is 9.96. The Morgan fingerprint density at radius 2 is 1.81 bits per heavy atom. The molecule has 3 rings (SSSR count). The summed E-state index contributed by atoms with van der Waals surface area (Å²) >= 11 is 0. The summed E-state index contributed by atoms with van der Waals surface area (Å²) in [6, 6.07) is 18.9. The SMILES string of the molecule is CCNC(=NCc1ccnc(Oc2ccc(F)cc2)c1)NCC(C)(O)c1ccccc1.I. The molecule has 0 aliphatic rings. The molecule has 0 amide bonds. The molecule has 0 fully saturated rings. The van der Waals surface area contributed by atoms with Gasteiger partial charge >= 0.3 is 0 Å². The topological polar surface area (TPSA) is 78.8 Å². The molecule has 2 aromatic carbocycles. The van der Waals surface area contributed by atoms with E-state index in [0.717, 1.165) is 11.1 Å². The van der Waals surface area contributed by atoms with Crippen molar-refractivity contribution in [3.8, 4) is 11.6 Å². The highest BCUT2D eigenvalue weighted by Crippen LogP contribution is 2.21. The van der Waals surface area contributed by atoms with E-state index in [4.69, 9.17) is 4.74 Å². The average Bonchev–Trinajstić information content (AvgIpc) is 2.78. The minimum atomic E-state index is -1.04. The second kappa shape index (κ2) is 12.4. The van der Waals surface area contributed by atoms with E-state index in [2.05, 4.69) is 20.6 Å². The Morgan fingerprint density at radius 1 is 1.09 bits per heavy atom. The zero-order valence-electron chi connectivity index (χ0n) is 18.1. The van der Waals surface area contributed by atoms with Crippen molar-refractivity contribution in [2.75, 3.05) is 13.1 Å². The van der Waals surface area contributed by atoms with Crippen molar-refractivity contribution in [2.24, 2.45) is 4.99 Å². The number of ether oxygens (including phenoxy) is 1. The van der Waals surface area contributed by atoms with Crippen molar-refractivity contribution in [3.63, 3.8) is 0 Å². The molecule has 0 aliphatic heterocycles. The standard InChI is InChI=1S/C24H27FN4O2.HI/c1-3-26-23(29-17-24(2,30)19-7-5-4-6-8-19)28-16-18-13-14-27-22(15-18)31-21-11-9-20(25)10-12-21;/h4-15,30H,3,16-17H2,1-2H3,(H2,26,28,29);1H. The van der Waals surface area contributed by atoms with E-state index in [1.165, 1.54) is 12.1 Å². The maximum Gasteiger partial charge on any atom is 0.219 e. The second-order valence-corrected chi connectivity index (χ2v) is 7.25. The third-order valence-corrected chi connectivity index (χ3v) is 4.60. The third kappa shape index (κ3) is 7.76. The van der Waals surface area contributed by atoms with Crippen LogP contribution in [0, 0.1) is 5.82 Å². The molecule has 32 heavy (non-hydrogen) atoms. The summed E-state index contributed by atoms with van der Waals surface area (Å²) in [5.41, 5.74) is 0.693. The predicted molar refractivity (Wildman–Crippen MR) is 135 cm³/mol. The van der Waals surface area contributed by atoms with Gasteiger partial charge in [-0.05, 0) is 55.3 Å². The Hall–Kier alpha value is -2.72. The van der Waals surface area contributed by atoms with Gasteiger partial charge in [-0.1, -0.05) is 30.3 Å². The van der Waals surface area contributed by atoms with Gasteiger partial charge in [0.25, 0.3) is 0 Å².